The van der Waals surface area contributed by atoms with Gasteiger partial charge in [-0.3, -0.25) is 9.89 Å². The first-order valence-corrected chi connectivity index (χ1v) is 9.03. The van der Waals surface area contributed by atoms with Gasteiger partial charge < -0.3 is 14.9 Å². The summed E-state index contributed by atoms with van der Waals surface area (Å²) in [6.45, 7) is 2.70. The van der Waals surface area contributed by atoms with Gasteiger partial charge in [-0.25, -0.2) is 0 Å². The van der Waals surface area contributed by atoms with E-state index in [9.17, 15) is 9.90 Å². The number of H-pyrrole nitrogens is 1. The van der Waals surface area contributed by atoms with E-state index in [1.165, 1.54) is 0 Å². The van der Waals surface area contributed by atoms with Crippen molar-refractivity contribution in [1.29, 1.82) is 5.26 Å². The highest BCUT2D eigenvalue weighted by Gasteiger charge is 2.23. The Morgan fingerprint density at radius 2 is 1.71 bits per heavy atom. The molecule has 1 amide bonds. The molecule has 0 saturated carbocycles. The van der Waals surface area contributed by atoms with Gasteiger partial charge in [0, 0.05) is 37.4 Å². The van der Waals surface area contributed by atoms with Gasteiger partial charge in [-0.1, -0.05) is 0 Å². The number of nitriles is 1. The molecule has 0 spiro atoms. The van der Waals surface area contributed by atoms with Crippen LogP contribution in [0.2, 0.25) is 0 Å². The Kier molecular flexibility index (Phi) is 4.68. The van der Waals surface area contributed by atoms with Gasteiger partial charge in [-0.2, -0.15) is 10.4 Å². The molecule has 140 valence electrons. The van der Waals surface area contributed by atoms with E-state index in [0.717, 1.165) is 24.3 Å². The lowest BCUT2D eigenvalue weighted by atomic mass is 10.1. The van der Waals surface area contributed by atoms with E-state index in [0.29, 0.717) is 30.0 Å². The largest absolute Gasteiger partial charge is 0.508 e. The number of phenols is 1. The Hall–Kier alpha value is -3.79. The molecule has 0 atom stereocenters. The molecule has 7 nitrogen and oxygen atoms in total. The van der Waals surface area contributed by atoms with Crippen LogP contribution in [-0.2, 0) is 0 Å². The molecular formula is C21H19N5O2. The number of phenolic OH excluding ortho intramolecular Hbond substituents is 1. The topological polar surface area (TPSA) is 96.2 Å². The molecule has 1 saturated heterocycles. The summed E-state index contributed by atoms with van der Waals surface area (Å²) in [4.78, 5) is 16.8. The van der Waals surface area contributed by atoms with Crippen molar-refractivity contribution >= 4 is 11.6 Å². The fourth-order valence-corrected chi connectivity index (χ4v) is 3.30. The number of piperazine rings is 1. The smallest absolute Gasteiger partial charge is 0.272 e. The summed E-state index contributed by atoms with van der Waals surface area (Å²) < 4.78 is 0. The molecule has 2 N–H and O–H groups in total. The molecule has 7 heteroatoms. The average molecular weight is 373 g/mol. The molecule has 28 heavy (non-hydrogen) atoms. The van der Waals surface area contributed by atoms with Crippen molar-refractivity contribution in [2.45, 2.75) is 0 Å². The summed E-state index contributed by atoms with van der Waals surface area (Å²) in [5.74, 6) is 0.118. The lowest BCUT2D eigenvalue weighted by molar-refractivity contribution is 0.0741. The van der Waals surface area contributed by atoms with E-state index < -0.39 is 0 Å². The second kappa shape index (κ2) is 7.45. The second-order valence-corrected chi connectivity index (χ2v) is 6.65. The van der Waals surface area contributed by atoms with Crippen LogP contribution in [0.15, 0.2) is 54.6 Å². The van der Waals surface area contributed by atoms with E-state index in [-0.39, 0.29) is 11.7 Å². The second-order valence-electron chi connectivity index (χ2n) is 6.65. The fourth-order valence-electron chi connectivity index (χ4n) is 3.30. The van der Waals surface area contributed by atoms with Crippen molar-refractivity contribution in [3.8, 4) is 23.1 Å². The average Bonchev–Trinajstić information content (AvgIpc) is 3.24. The molecule has 0 unspecified atom stereocenters. The van der Waals surface area contributed by atoms with Gasteiger partial charge in [-0.15, -0.1) is 0 Å². The number of aromatic amines is 1. The van der Waals surface area contributed by atoms with Crippen molar-refractivity contribution in [3.05, 3.63) is 65.9 Å². The molecule has 2 aromatic carbocycles. The molecule has 0 aliphatic carbocycles. The highest BCUT2D eigenvalue weighted by molar-refractivity contribution is 5.93. The number of anilines is 1. The summed E-state index contributed by atoms with van der Waals surface area (Å²) >= 11 is 0. The van der Waals surface area contributed by atoms with Crippen LogP contribution in [0.1, 0.15) is 16.1 Å². The van der Waals surface area contributed by atoms with E-state index in [1.54, 1.807) is 30.3 Å². The minimum Gasteiger partial charge on any atom is -0.508 e. The van der Waals surface area contributed by atoms with Crippen LogP contribution in [0.3, 0.4) is 0 Å². The van der Waals surface area contributed by atoms with Gasteiger partial charge in [0.15, 0.2) is 0 Å². The molecule has 1 aliphatic heterocycles. The Labute approximate surface area is 162 Å². The maximum atomic E-state index is 12.8. The molecule has 0 bridgehead atoms. The van der Waals surface area contributed by atoms with Gasteiger partial charge in [-0.05, 0) is 54.6 Å². The zero-order chi connectivity index (χ0) is 19.5. The number of aromatic nitrogens is 2. The lowest BCUT2D eigenvalue weighted by Gasteiger charge is -2.35. The van der Waals surface area contributed by atoms with E-state index >= 15 is 0 Å². The third kappa shape index (κ3) is 3.53. The molecule has 1 aromatic heterocycles. The van der Waals surface area contributed by atoms with Crippen molar-refractivity contribution in [1.82, 2.24) is 15.1 Å². The Morgan fingerprint density at radius 1 is 1.04 bits per heavy atom. The van der Waals surface area contributed by atoms with Gasteiger partial charge in [0.2, 0.25) is 0 Å². The quantitative estimate of drug-likeness (QED) is 0.736. The Bertz CT molecular complexity index is 1010. The van der Waals surface area contributed by atoms with E-state index in [2.05, 4.69) is 21.2 Å². The molecule has 3 aromatic rings. The highest BCUT2D eigenvalue weighted by atomic mass is 16.3. The lowest BCUT2D eigenvalue weighted by Crippen LogP contribution is -2.48. The summed E-state index contributed by atoms with van der Waals surface area (Å²) in [6, 6.07) is 18.1. The first kappa shape index (κ1) is 17.6. The number of aromatic hydroxyl groups is 1. The third-order valence-electron chi connectivity index (χ3n) is 4.90. The van der Waals surface area contributed by atoms with Crippen molar-refractivity contribution in [2.75, 3.05) is 31.1 Å². The maximum absolute atomic E-state index is 12.8. The van der Waals surface area contributed by atoms with Crippen LogP contribution < -0.4 is 4.90 Å². The third-order valence-corrected chi connectivity index (χ3v) is 4.90. The summed E-state index contributed by atoms with van der Waals surface area (Å²) in [5.41, 5.74) is 3.65. The molecular weight excluding hydrogens is 354 g/mol. The number of benzene rings is 2. The van der Waals surface area contributed by atoms with Crippen molar-refractivity contribution in [2.24, 2.45) is 0 Å². The molecule has 1 aliphatic rings. The predicted molar refractivity (Wildman–Crippen MR) is 105 cm³/mol. The zero-order valence-corrected chi connectivity index (χ0v) is 15.2. The summed E-state index contributed by atoms with van der Waals surface area (Å²) in [5, 5.41) is 25.3. The van der Waals surface area contributed by atoms with Crippen LogP contribution in [0, 0.1) is 11.3 Å². The maximum Gasteiger partial charge on any atom is 0.272 e. The number of carbonyl (C=O) groups is 1. The Balaban J connectivity index is 1.40. The van der Waals surface area contributed by atoms with Gasteiger partial charge in [0.05, 0.1) is 17.3 Å². The number of amides is 1. The van der Waals surface area contributed by atoms with Gasteiger partial charge in [0.25, 0.3) is 5.91 Å². The van der Waals surface area contributed by atoms with E-state index in [1.807, 2.05) is 29.2 Å². The van der Waals surface area contributed by atoms with Crippen LogP contribution in [0.5, 0.6) is 5.75 Å². The highest BCUT2D eigenvalue weighted by Crippen LogP contribution is 2.22. The van der Waals surface area contributed by atoms with Crippen LogP contribution >= 0.6 is 0 Å². The number of nitrogens with one attached hydrogen (secondary N) is 1. The van der Waals surface area contributed by atoms with Crippen LogP contribution in [0.4, 0.5) is 5.69 Å². The normalized spacial score (nSPS) is 14.0. The minimum atomic E-state index is -0.0722. The van der Waals surface area contributed by atoms with Crippen LogP contribution in [0.25, 0.3) is 11.3 Å². The number of hydrogen-bond acceptors (Lipinski definition) is 5. The first-order valence-electron chi connectivity index (χ1n) is 9.03. The summed E-state index contributed by atoms with van der Waals surface area (Å²) in [7, 11) is 0. The van der Waals surface area contributed by atoms with E-state index in [4.69, 9.17) is 5.26 Å². The standard InChI is InChI=1S/C21H19N5O2/c22-14-15-1-5-17(6-2-15)25-9-11-26(12-10-25)21(28)20-13-19(23-24-20)16-3-7-18(27)8-4-16/h1-8,13,27H,9-12H2,(H,23,24). The van der Waals surface area contributed by atoms with Gasteiger partial charge >= 0.3 is 0 Å². The van der Waals surface area contributed by atoms with Crippen molar-refractivity contribution in [3.63, 3.8) is 0 Å². The monoisotopic (exact) mass is 373 g/mol. The number of carbonyl (C=O) groups excluding carboxylic acids is 1. The molecule has 0 radical (unpaired) electrons. The predicted octanol–water partition coefficient (Wildman–Crippen LogP) is 2.62. The minimum absolute atomic E-state index is 0.0722. The molecule has 1 fully saturated rings. The summed E-state index contributed by atoms with van der Waals surface area (Å²) in [6.07, 6.45) is 0. The first-order chi connectivity index (χ1) is 13.6. The number of hydrogen-bond donors (Lipinski definition) is 2. The van der Waals surface area contributed by atoms with Crippen LogP contribution in [-0.4, -0.2) is 52.3 Å². The zero-order valence-electron chi connectivity index (χ0n) is 15.2. The van der Waals surface area contributed by atoms with Crippen molar-refractivity contribution < 1.29 is 9.90 Å². The molecule has 2 heterocycles. The molecule has 4 rings (SSSR count). The Morgan fingerprint density at radius 3 is 2.36 bits per heavy atom. The fraction of sp³-hybridized carbons (Fsp3) is 0.190. The number of nitrogens with zero attached hydrogens (tertiary/aromatic N) is 4. The SMILES string of the molecule is N#Cc1ccc(N2CCN(C(=O)c3cc(-c4ccc(O)cc4)n[nH]3)CC2)cc1. The van der Waals surface area contributed by atoms with Gasteiger partial charge in [0.1, 0.15) is 11.4 Å². The number of rotatable bonds is 3.